The van der Waals surface area contributed by atoms with Gasteiger partial charge in [0.25, 0.3) is 0 Å². The summed E-state index contributed by atoms with van der Waals surface area (Å²) in [5.74, 6) is 2.48. The van der Waals surface area contributed by atoms with E-state index in [1.54, 1.807) is 18.6 Å². The number of nitrogen functional groups attached to an aromatic ring is 1. The Kier molecular flexibility index (Phi) is 6.90. The maximum atomic E-state index is 13.3. The van der Waals surface area contributed by atoms with Crippen molar-refractivity contribution in [3.63, 3.8) is 0 Å². The van der Waals surface area contributed by atoms with E-state index >= 15 is 0 Å². The van der Waals surface area contributed by atoms with Gasteiger partial charge in [-0.15, -0.1) is 0 Å². The molecule has 1 aromatic carbocycles. The fraction of sp³-hybridized carbons (Fsp3) is 0.464. The van der Waals surface area contributed by atoms with Gasteiger partial charge in [-0.2, -0.15) is 4.31 Å². The number of anilines is 2. The predicted molar refractivity (Wildman–Crippen MR) is 150 cm³/mol. The van der Waals surface area contributed by atoms with Gasteiger partial charge >= 0.3 is 0 Å². The van der Waals surface area contributed by atoms with E-state index in [-0.39, 0.29) is 23.3 Å². The highest BCUT2D eigenvalue weighted by molar-refractivity contribution is 7.89. The highest BCUT2D eigenvalue weighted by atomic mass is 32.2. The second-order valence-corrected chi connectivity index (χ2v) is 12.7. The Morgan fingerprint density at radius 2 is 1.97 bits per heavy atom. The van der Waals surface area contributed by atoms with E-state index in [9.17, 15) is 8.42 Å². The lowest BCUT2D eigenvalue weighted by Gasteiger charge is -2.29. The number of nitrogens with two attached hydrogens (primary N) is 2. The van der Waals surface area contributed by atoms with Crippen molar-refractivity contribution in [2.75, 3.05) is 36.9 Å². The molecule has 2 atom stereocenters. The first-order valence-corrected chi connectivity index (χ1v) is 15.1. The Bertz CT molecular complexity index is 1500. The van der Waals surface area contributed by atoms with Crippen molar-refractivity contribution in [1.29, 1.82) is 0 Å². The molecule has 3 aromatic rings. The van der Waals surface area contributed by atoms with Crippen molar-refractivity contribution in [2.45, 2.75) is 56.5 Å². The zero-order chi connectivity index (χ0) is 27.1. The molecule has 11 heteroatoms. The second kappa shape index (κ2) is 10.4. The minimum atomic E-state index is -3.80. The molecule has 1 aliphatic carbocycles. The number of rotatable bonds is 5. The van der Waals surface area contributed by atoms with Gasteiger partial charge in [0.15, 0.2) is 0 Å². The molecule has 0 amide bonds. The number of pyridine rings is 1. The third-order valence-corrected chi connectivity index (χ3v) is 10.1. The van der Waals surface area contributed by atoms with Crippen LogP contribution in [0.1, 0.15) is 43.0 Å². The highest BCUT2D eigenvalue weighted by Gasteiger charge is 2.33. The van der Waals surface area contributed by atoms with E-state index in [0.717, 1.165) is 47.7 Å². The smallest absolute Gasteiger partial charge is 0.246 e. The standard InChI is InChI=1S/C28H35N7O3S/c1-2-18-3-5-23-24(11-18)32-17-33-28(23)34-9-10-38-25-6-4-19(12-21(25)15-34)20-13-26(27(30)31-14-20)39(36,37)35-8-7-22(29)16-35/h4,6,12-14,17-18,22H,2-3,5,7-11,15-16,29H2,1H3,(H2,30,31). The van der Waals surface area contributed by atoms with Crippen LogP contribution in [0, 0.1) is 5.92 Å². The van der Waals surface area contributed by atoms with Crippen LogP contribution in [0.4, 0.5) is 11.6 Å². The molecule has 4 N–H and O–H groups in total. The molecule has 2 aromatic heterocycles. The molecule has 206 valence electrons. The Morgan fingerprint density at radius 1 is 1.10 bits per heavy atom. The molecule has 0 radical (unpaired) electrons. The van der Waals surface area contributed by atoms with Gasteiger partial charge in [-0.1, -0.05) is 19.4 Å². The number of nitrogens with zero attached hydrogens (tertiary/aromatic N) is 5. The van der Waals surface area contributed by atoms with Crippen LogP contribution >= 0.6 is 0 Å². The third kappa shape index (κ3) is 4.94. The van der Waals surface area contributed by atoms with Gasteiger partial charge in [0.05, 0.1) is 6.54 Å². The zero-order valence-electron chi connectivity index (χ0n) is 22.2. The Labute approximate surface area is 229 Å². The van der Waals surface area contributed by atoms with Crippen molar-refractivity contribution in [3.8, 4) is 16.9 Å². The van der Waals surface area contributed by atoms with Gasteiger partial charge < -0.3 is 21.1 Å². The summed E-state index contributed by atoms with van der Waals surface area (Å²) < 4.78 is 34.2. The molecule has 6 rings (SSSR count). The largest absolute Gasteiger partial charge is 0.491 e. The van der Waals surface area contributed by atoms with E-state index in [1.165, 1.54) is 16.3 Å². The summed E-state index contributed by atoms with van der Waals surface area (Å²) in [5, 5.41) is 0. The van der Waals surface area contributed by atoms with Crippen LogP contribution in [0.25, 0.3) is 11.1 Å². The molecule has 1 fully saturated rings. The van der Waals surface area contributed by atoms with Gasteiger partial charge in [0.2, 0.25) is 10.0 Å². The van der Waals surface area contributed by atoms with Gasteiger partial charge in [-0.25, -0.2) is 23.4 Å². The summed E-state index contributed by atoms with van der Waals surface area (Å²) in [6.07, 6.45) is 8.25. The van der Waals surface area contributed by atoms with Crippen LogP contribution < -0.4 is 21.1 Å². The number of hydrogen-bond acceptors (Lipinski definition) is 9. The van der Waals surface area contributed by atoms with Crippen molar-refractivity contribution >= 4 is 21.7 Å². The SMILES string of the molecule is CCC1CCc2c(ncnc2N2CCOc3ccc(-c4cnc(N)c(S(=O)(=O)N5CCC(N)C5)c4)cc3C2)C1. The first-order valence-electron chi connectivity index (χ1n) is 13.7. The van der Waals surface area contributed by atoms with Crippen LogP contribution in [-0.2, 0) is 29.4 Å². The first-order chi connectivity index (χ1) is 18.8. The molecule has 10 nitrogen and oxygen atoms in total. The maximum absolute atomic E-state index is 13.3. The molecule has 0 bridgehead atoms. The second-order valence-electron chi connectivity index (χ2n) is 10.8. The summed E-state index contributed by atoms with van der Waals surface area (Å²) in [7, 11) is -3.80. The molecule has 39 heavy (non-hydrogen) atoms. The summed E-state index contributed by atoms with van der Waals surface area (Å²) in [6, 6.07) is 7.37. The Balaban J connectivity index is 1.31. The van der Waals surface area contributed by atoms with Gasteiger partial charge in [-0.05, 0) is 55.4 Å². The van der Waals surface area contributed by atoms with E-state index < -0.39 is 10.0 Å². The van der Waals surface area contributed by atoms with Crippen LogP contribution in [0.3, 0.4) is 0 Å². The number of ether oxygens (including phenoxy) is 1. The lowest BCUT2D eigenvalue weighted by atomic mass is 9.85. The average Bonchev–Trinajstić information content (AvgIpc) is 3.28. The van der Waals surface area contributed by atoms with Crippen LogP contribution in [-0.4, -0.2) is 60.0 Å². The molecular weight excluding hydrogens is 514 g/mol. The van der Waals surface area contributed by atoms with Crippen LogP contribution in [0.2, 0.25) is 0 Å². The molecular formula is C28H35N7O3S. The van der Waals surface area contributed by atoms with Gasteiger partial charge in [0, 0.05) is 54.3 Å². The van der Waals surface area contributed by atoms with E-state index in [4.69, 9.17) is 21.2 Å². The molecule has 1 saturated heterocycles. The molecule has 2 unspecified atom stereocenters. The summed E-state index contributed by atoms with van der Waals surface area (Å²) >= 11 is 0. The summed E-state index contributed by atoms with van der Waals surface area (Å²) in [5.41, 5.74) is 17.0. The number of fused-ring (bicyclic) bond motifs is 2. The predicted octanol–water partition coefficient (Wildman–Crippen LogP) is 2.76. The number of sulfonamides is 1. The van der Waals surface area contributed by atoms with E-state index in [2.05, 4.69) is 21.8 Å². The van der Waals surface area contributed by atoms with Crippen molar-refractivity contribution in [2.24, 2.45) is 11.7 Å². The lowest BCUT2D eigenvalue weighted by molar-refractivity contribution is 0.331. The minimum absolute atomic E-state index is 0.0117. The Morgan fingerprint density at radius 3 is 2.77 bits per heavy atom. The topological polar surface area (TPSA) is 141 Å². The first kappa shape index (κ1) is 26.0. The summed E-state index contributed by atoms with van der Waals surface area (Å²) in [6.45, 7) is 4.80. The quantitative estimate of drug-likeness (QED) is 0.491. The average molecular weight is 550 g/mol. The lowest BCUT2D eigenvalue weighted by Crippen LogP contribution is -2.32. The summed E-state index contributed by atoms with van der Waals surface area (Å²) in [4.78, 5) is 15.9. The highest BCUT2D eigenvalue weighted by Crippen LogP contribution is 2.36. The van der Waals surface area contributed by atoms with Crippen LogP contribution in [0.5, 0.6) is 5.75 Å². The Hall–Kier alpha value is -3.28. The number of benzene rings is 1. The normalized spacial score (nSPS) is 21.6. The monoisotopic (exact) mass is 549 g/mol. The molecule has 0 saturated carbocycles. The third-order valence-electron chi connectivity index (χ3n) is 8.23. The fourth-order valence-electron chi connectivity index (χ4n) is 5.90. The molecule has 2 aliphatic heterocycles. The van der Waals surface area contributed by atoms with Gasteiger partial charge in [-0.3, -0.25) is 0 Å². The van der Waals surface area contributed by atoms with E-state index in [1.807, 2.05) is 18.2 Å². The van der Waals surface area contributed by atoms with E-state index in [0.29, 0.717) is 44.1 Å². The van der Waals surface area contributed by atoms with Crippen molar-refractivity contribution in [3.05, 3.63) is 53.6 Å². The minimum Gasteiger partial charge on any atom is -0.491 e. The van der Waals surface area contributed by atoms with Crippen molar-refractivity contribution < 1.29 is 13.2 Å². The molecule has 3 aliphatic rings. The molecule has 0 spiro atoms. The molecule has 4 heterocycles. The maximum Gasteiger partial charge on any atom is 0.246 e. The number of aromatic nitrogens is 3. The fourth-order valence-corrected chi connectivity index (χ4v) is 7.51. The van der Waals surface area contributed by atoms with Crippen LogP contribution in [0.15, 0.2) is 41.7 Å². The number of hydrogen-bond donors (Lipinski definition) is 2. The van der Waals surface area contributed by atoms with Crippen molar-refractivity contribution in [1.82, 2.24) is 19.3 Å². The zero-order valence-corrected chi connectivity index (χ0v) is 23.0. The van der Waals surface area contributed by atoms with Gasteiger partial charge in [0.1, 0.15) is 35.2 Å².